The smallest absolute Gasteiger partial charge is 0.338 e. The van der Waals surface area contributed by atoms with E-state index in [2.05, 4.69) is 5.32 Å². The highest BCUT2D eigenvalue weighted by Gasteiger charge is 2.06. The Bertz CT molecular complexity index is 348. The Morgan fingerprint density at radius 2 is 2.00 bits per heavy atom. The Morgan fingerprint density at radius 3 is 2.53 bits per heavy atom. The van der Waals surface area contributed by atoms with E-state index in [1.807, 2.05) is 19.1 Å². The fraction of sp³-hybridized carbons (Fsp3) is 0.462. The van der Waals surface area contributed by atoms with Gasteiger partial charge in [0.25, 0.3) is 0 Å². The van der Waals surface area contributed by atoms with E-state index in [9.17, 15) is 4.79 Å². The third kappa shape index (κ3) is 4.44. The number of carbonyl (C=O) groups is 1. The molecule has 1 aromatic carbocycles. The second-order valence-corrected chi connectivity index (χ2v) is 3.80. The summed E-state index contributed by atoms with van der Waals surface area (Å²) in [5.41, 5.74) is 1.53. The van der Waals surface area contributed by atoms with Gasteiger partial charge >= 0.3 is 5.97 Å². The number of hydrogen-bond acceptors (Lipinski definition) is 4. The summed E-state index contributed by atoms with van der Waals surface area (Å²) < 4.78 is 9.94. The first kappa shape index (κ1) is 13.5. The van der Waals surface area contributed by atoms with Crippen molar-refractivity contribution in [2.24, 2.45) is 0 Å². The highest BCUT2D eigenvalue weighted by Crippen LogP contribution is 2.11. The number of rotatable bonds is 6. The van der Waals surface area contributed by atoms with Crippen LogP contribution in [0, 0.1) is 0 Å². The summed E-state index contributed by atoms with van der Waals surface area (Å²) in [6, 6.07) is 7.45. The molecule has 1 aromatic rings. The summed E-state index contributed by atoms with van der Waals surface area (Å²) in [5, 5.41) is 3.26. The molecule has 0 saturated heterocycles. The fourth-order valence-corrected chi connectivity index (χ4v) is 1.49. The van der Waals surface area contributed by atoms with Gasteiger partial charge in [0.15, 0.2) is 0 Å². The third-order valence-electron chi connectivity index (χ3n) is 2.23. The summed E-state index contributed by atoms with van der Waals surface area (Å²) in [7, 11) is 1.67. The summed E-state index contributed by atoms with van der Waals surface area (Å²) in [6.07, 6.45) is 0. The van der Waals surface area contributed by atoms with Gasteiger partial charge in [0.05, 0.1) is 18.8 Å². The van der Waals surface area contributed by atoms with Gasteiger partial charge < -0.3 is 14.8 Å². The molecule has 4 heteroatoms. The summed E-state index contributed by atoms with van der Waals surface area (Å²) in [4.78, 5) is 11.4. The van der Waals surface area contributed by atoms with Crippen molar-refractivity contribution in [1.29, 1.82) is 0 Å². The van der Waals surface area contributed by atoms with E-state index >= 15 is 0 Å². The normalized spacial score (nSPS) is 11.9. The van der Waals surface area contributed by atoms with Crippen LogP contribution in [0.2, 0.25) is 0 Å². The van der Waals surface area contributed by atoms with Crippen LogP contribution >= 0.6 is 0 Å². The number of benzene rings is 1. The zero-order valence-corrected chi connectivity index (χ0v) is 10.5. The van der Waals surface area contributed by atoms with Crippen LogP contribution in [0.5, 0.6) is 0 Å². The number of ether oxygens (including phenoxy) is 2. The Labute approximate surface area is 102 Å². The summed E-state index contributed by atoms with van der Waals surface area (Å²) in [6.45, 7) is 4.85. The number of esters is 1. The van der Waals surface area contributed by atoms with Crippen LogP contribution < -0.4 is 5.32 Å². The fourth-order valence-electron chi connectivity index (χ4n) is 1.49. The van der Waals surface area contributed by atoms with Crippen molar-refractivity contribution in [1.82, 2.24) is 0 Å². The van der Waals surface area contributed by atoms with Crippen molar-refractivity contribution in [2.45, 2.75) is 19.9 Å². The lowest BCUT2D eigenvalue weighted by Crippen LogP contribution is -2.20. The number of nitrogens with one attached hydrogen (secondary N) is 1. The quantitative estimate of drug-likeness (QED) is 0.771. The molecule has 1 atom stereocenters. The molecule has 4 nitrogen and oxygen atoms in total. The first-order valence-corrected chi connectivity index (χ1v) is 5.70. The van der Waals surface area contributed by atoms with Crippen molar-refractivity contribution in [2.75, 3.05) is 25.6 Å². The lowest BCUT2D eigenvalue weighted by molar-refractivity contribution is 0.0526. The molecule has 0 radical (unpaired) electrons. The van der Waals surface area contributed by atoms with Gasteiger partial charge in [-0.3, -0.25) is 0 Å². The van der Waals surface area contributed by atoms with Crippen LogP contribution in [-0.2, 0) is 9.47 Å². The van der Waals surface area contributed by atoms with E-state index in [1.165, 1.54) is 0 Å². The third-order valence-corrected chi connectivity index (χ3v) is 2.23. The minimum absolute atomic E-state index is 0.230. The number of methoxy groups -OCH3 is 1. The van der Waals surface area contributed by atoms with E-state index in [1.54, 1.807) is 26.2 Å². The lowest BCUT2D eigenvalue weighted by atomic mass is 10.2. The van der Waals surface area contributed by atoms with Crippen molar-refractivity contribution >= 4 is 11.7 Å². The minimum atomic E-state index is -0.288. The molecule has 17 heavy (non-hydrogen) atoms. The summed E-state index contributed by atoms with van der Waals surface area (Å²) in [5.74, 6) is -0.288. The van der Waals surface area contributed by atoms with Crippen LogP contribution in [-0.4, -0.2) is 32.3 Å². The number of anilines is 1. The molecule has 0 fully saturated rings. The van der Waals surface area contributed by atoms with E-state index in [-0.39, 0.29) is 12.0 Å². The predicted molar refractivity (Wildman–Crippen MR) is 67.4 cm³/mol. The molecule has 1 rings (SSSR count). The average molecular weight is 237 g/mol. The Balaban J connectivity index is 2.58. The number of carbonyl (C=O) groups excluding carboxylic acids is 1. The van der Waals surface area contributed by atoms with Gasteiger partial charge in [0.1, 0.15) is 0 Å². The topological polar surface area (TPSA) is 47.6 Å². The van der Waals surface area contributed by atoms with Crippen molar-refractivity contribution in [3.8, 4) is 0 Å². The van der Waals surface area contributed by atoms with Gasteiger partial charge in [-0.05, 0) is 38.1 Å². The SMILES string of the molecule is CCOC(=O)c1ccc(NC(C)COC)cc1. The lowest BCUT2D eigenvalue weighted by Gasteiger charge is -2.14. The van der Waals surface area contributed by atoms with Crippen LogP contribution in [0.15, 0.2) is 24.3 Å². The molecule has 1 N–H and O–H groups in total. The van der Waals surface area contributed by atoms with Gasteiger partial charge in [-0.25, -0.2) is 4.79 Å². The molecular weight excluding hydrogens is 218 g/mol. The van der Waals surface area contributed by atoms with Gasteiger partial charge in [-0.2, -0.15) is 0 Å². The van der Waals surface area contributed by atoms with E-state index in [4.69, 9.17) is 9.47 Å². The van der Waals surface area contributed by atoms with Gasteiger partial charge in [-0.15, -0.1) is 0 Å². The van der Waals surface area contributed by atoms with Crippen LogP contribution in [0.4, 0.5) is 5.69 Å². The first-order chi connectivity index (χ1) is 8.17. The molecule has 0 spiro atoms. The van der Waals surface area contributed by atoms with E-state index in [0.717, 1.165) is 5.69 Å². The molecule has 0 amide bonds. The first-order valence-electron chi connectivity index (χ1n) is 5.70. The predicted octanol–water partition coefficient (Wildman–Crippen LogP) is 2.31. The van der Waals surface area contributed by atoms with Crippen LogP contribution in [0.3, 0.4) is 0 Å². The molecule has 0 heterocycles. The highest BCUT2D eigenvalue weighted by molar-refractivity contribution is 5.89. The molecule has 0 aliphatic heterocycles. The molecule has 0 aromatic heterocycles. The minimum Gasteiger partial charge on any atom is -0.462 e. The van der Waals surface area contributed by atoms with Gasteiger partial charge in [-0.1, -0.05) is 0 Å². The monoisotopic (exact) mass is 237 g/mol. The maximum Gasteiger partial charge on any atom is 0.338 e. The maximum atomic E-state index is 11.4. The zero-order chi connectivity index (χ0) is 12.7. The Kier molecular flexibility index (Phi) is 5.49. The zero-order valence-electron chi connectivity index (χ0n) is 10.5. The van der Waals surface area contributed by atoms with Crippen LogP contribution in [0.25, 0.3) is 0 Å². The second kappa shape index (κ2) is 6.91. The molecule has 0 aliphatic carbocycles. The standard InChI is InChI=1S/C13H19NO3/c1-4-17-13(15)11-5-7-12(8-6-11)14-10(2)9-16-3/h5-8,10,14H,4,9H2,1-3H3. The van der Waals surface area contributed by atoms with Gasteiger partial charge in [0.2, 0.25) is 0 Å². The maximum absolute atomic E-state index is 11.4. The Hall–Kier alpha value is -1.55. The molecule has 0 saturated carbocycles. The largest absolute Gasteiger partial charge is 0.462 e. The van der Waals surface area contributed by atoms with Crippen molar-refractivity contribution in [3.05, 3.63) is 29.8 Å². The van der Waals surface area contributed by atoms with Crippen molar-refractivity contribution in [3.63, 3.8) is 0 Å². The van der Waals surface area contributed by atoms with Crippen LogP contribution in [0.1, 0.15) is 24.2 Å². The second-order valence-electron chi connectivity index (χ2n) is 3.80. The van der Waals surface area contributed by atoms with E-state index < -0.39 is 0 Å². The average Bonchev–Trinajstić information content (AvgIpc) is 2.30. The molecule has 0 bridgehead atoms. The molecular formula is C13H19NO3. The molecule has 0 aliphatic rings. The Morgan fingerprint density at radius 1 is 1.35 bits per heavy atom. The highest BCUT2D eigenvalue weighted by atomic mass is 16.5. The molecule has 1 unspecified atom stereocenters. The van der Waals surface area contributed by atoms with E-state index in [0.29, 0.717) is 18.8 Å². The van der Waals surface area contributed by atoms with Crippen molar-refractivity contribution < 1.29 is 14.3 Å². The number of hydrogen-bond donors (Lipinski definition) is 1. The molecule has 94 valence electrons. The van der Waals surface area contributed by atoms with Gasteiger partial charge in [0, 0.05) is 18.8 Å². The summed E-state index contributed by atoms with van der Waals surface area (Å²) >= 11 is 0.